The largest absolute Gasteiger partial charge is 0.490 e. The van der Waals surface area contributed by atoms with Crippen LogP contribution in [0.2, 0.25) is 0 Å². The first-order valence-electron chi connectivity index (χ1n) is 9.72. The number of carboxylic acid groups (broad SMARTS) is 1. The second-order valence-corrected chi connectivity index (χ2v) is 7.60. The molecule has 0 aromatic carbocycles. The summed E-state index contributed by atoms with van der Waals surface area (Å²) < 4.78 is 31.7. The lowest BCUT2D eigenvalue weighted by atomic mass is 10.1. The number of aromatic amines is 1. The van der Waals surface area contributed by atoms with Gasteiger partial charge < -0.3 is 20.3 Å². The van der Waals surface area contributed by atoms with Crippen molar-refractivity contribution >= 4 is 22.9 Å². The number of aliphatic carboxylic acids is 1. The van der Waals surface area contributed by atoms with Crippen LogP contribution in [0.15, 0.2) is 36.7 Å². The first-order valence-corrected chi connectivity index (χ1v) is 9.72. The van der Waals surface area contributed by atoms with Crippen molar-refractivity contribution in [1.29, 1.82) is 0 Å². The molecule has 3 N–H and O–H groups in total. The quantitative estimate of drug-likeness (QED) is 0.559. The minimum absolute atomic E-state index is 0.0564. The van der Waals surface area contributed by atoms with Crippen molar-refractivity contribution in [3.05, 3.63) is 42.4 Å². The van der Waals surface area contributed by atoms with Crippen molar-refractivity contribution in [2.75, 3.05) is 20.1 Å². The highest BCUT2D eigenvalue weighted by atomic mass is 19.4. The van der Waals surface area contributed by atoms with Crippen LogP contribution in [0.5, 0.6) is 0 Å². The Bertz CT molecular complexity index is 1140. The zero-order chi connectivity index (χ0) is 23.0. The average Bonchev–Trinajstić information content (AvgIpc) is 3.09. The van der Waals surface area contributed by atoms with Gasteiger partial charge in [-0.05, 0) is 36.1 Å². The van der Waals surface area contributed by atoms with Gasteiger partial charge in [-0.1, -0.05) is 0 Å². The number of amides is 1. The number of piperidine rings is 1. The number of aromatic nitrogens is 4. The zero-order valence-electron chi connectivity index (χ0n) is 16.8. The van der Waals surface area contributed by atoms with Crippen LogP contribution >= 0.6 is 0 Å². The van der Waals surface area contributed by atoms with Gasteiger partial charge >= 0.3 is 12.1 Å². The van der Waals surface area contributed by atoms with E-state index in [0.29, 0.717) is 23.6 Å². The summed E-state index contributed by atoms with van der Waals surface area (Å²) in [4.78, 5) is 30.8. The van der Waals surface area contributed by atoms with Crippen molar-refractivity contribution in [2.24, 2.45) is 11.8 Å². The molecule has 9 nitrogen and oxygen atoms in total. The average molecular weight is 448 g/mol. The highest BCUT2D eigenvalue weighted by molar-refractivity contribution is 5.94. The molecule has 2 aliphatic rings. The third kappa shape index (κ3) is 4.13. The molecule has 0 bridgehead atoms. The summed E-state index contributed by atoms with van der Waals surface area (Å²) in [6.45, 7) is 2.01. The van der Waals surface area contributed by atoms with Gasteiger partial charge in [0.2, 0.25) is 0 Å². The Balaban J connectivity index is 0.000000307. The molecule has 2 fully saturated rings. The fourth-order valence-corrected chi connectivity index (χ4v) is 4.03. The van der Waals surface area contributed by atoms with E-state index in [1.807, 2.05) is 36.3 Å². The molecule has 1 aliphatic heterocycles. The molecule has 3 aromatic heterocycles. The number of pyridine rings is 1. The fraction of sp³-hybridized carbons (Fsp3) is 0.350. The Morgan fingerprint density at radius 3 is 2.44 bits per heavy atom. The molecule has 32 heavy (non-hydrogen) atoms. The predicted octanol–water partition coefficient (Wildman–Crippen LogP) is 1.94. The molecule has 3 atom stereocenters. The smallest absolute Gasteiger partial charge is 0.475 e. The van der Waals surface area contributed by atoms with Gasteiger partial charge in [0.05, 0.1) is 5.69 Å². The minimum atomic E-state index is -5.08. The number of hydrogen-bond donors (Lipinski definition) is 3. The Labute approximate surface area is 179 Å². The van der Waals surface area contributed by atoms with E-state index in [-0.39, 0.29) is 5.91 Å². The maximum atomic E-state index is 12.7. The maximum Gasteiger partial charge on any atom is 0.490 e. The highest BCUT2D eigenvalue weighted by Crippen LogP contribution is 2.45. The van der Waals surface area contributed by atoms with Gasteiger partial charge in [0, 0.05) is 49.5 Å². The molecule has 0 spiro atoms. The van der Waals surface area contributed by atoms with Crippen LogP contribution in [0.25, 0.3) is 22.3 Å². The second-order valence-electron chi connectivity index (χ2n) is 7.60. The molecule has 0 radical (unpaired) electrons. The topological polar surface area (TPSA) is 124 Å². The first-order chi connectivity index (χ1) is 15.2. The molecule has 168 valence electrons. The zero-order valence-corrected chi connectivity index (χ0v) is 16.8. The lowest BCUT2D eigenvalue weighted by Gasteiger charge is -2.19. The molecule has 1 amide bonds. The van der Waals surface area contributed by atoms with Gasteiger partial charge in [-0.25, -0.2) is 9.78 Å². The standard InChI is InChI=1S/C18H18N6O.C2HF3O2/c1-24(16-12-7-19-8-13(12)16)18(25)15-5-4-14(22-23-15)11-9-21-17-10(11)3-2-6-20-17;3-2(4,5)1(6)7/h2-6,9,12-13,16,19H,7-8H2,1H3,(H,20,21);(H,6,7)/t12-,13+,16?;. The minimum Gasteiger partial charge on any atom is -0.475 e. The van der Waals surface area contributed by atoms with Gasteiger partial charge in [0.15, 0.2) is 5.69 Å². The SMILES string of the molecule is CN(C(=O)c1ccc(-c2c[nH]c3ncccc23)nn1)C1[C@H]2CNC[C@@H]12.O=C(O)C(F)(F)F. The molecule has 5 rings (SSSR count). The normalized spacial score (nSPS) is 21.4. The molecule has 1 aliphatic carbocycles. The molecular weight excluding hydrogens is 429 g/mol. The summed E-state index contributed by atoms with van der Waals surface area (Å²) in [6, 6.07) is 7.82. The van der Waals surface area contributed by atoms with E-state index in [1.54, 1.807) is 12.3 Å². The maximum absolute atomic E-state index is 12.7. The van der Waals surface area contributed by atoms with Gasteiger partial charge in [0.1, 0.15) is 5.65 Å². The summed E-state index contributed by atoms with van der Waals surface area (Å²) in [7, 11) is 1.87. The summed E-state index contributed by atoms with van der Waals surface area (Å²) >= 11 is 0. The summed E-state index contributed by atoms with van der Waals surface area (Å²) in [6.07, 6.45) is -1.47. The number of nitrogens with zero attached hydrogens (tertiary/aromatic N) is 4. The Morgan fingerprint density at radius 1 is 1.16 bits per heavy atom. The third-order valence-corrected chi connectivity index (χ3v) is 5.67. The number of alkyl halides is 3. The van der Waals surface area contributed by atoms with Crippen LogP contribution in [-0.4, -0.2) is 74.4 Å². The van der Waals surface area contributed by atoms with Crippen molar-refractivity contribution < 1.29 is 27.9 Å². The molecule has 1 saturated heterocycles. The van der Waals surface area contributed by atoms with Crippen LogP contribution in [-0.2, 0) is 4.79 Å². The number of H-pyrrole nitrogens is 1. The van der Waals surface area contributed by atoms with Crippen molar-refractivity contribution in [1.82, 2.24) is 30.4 Å². The number of hydrogen-bond acceptors (Lipinski definition) is 6. The Hall–Kier alpha value is -3.54. The van der Waals surface area contributed by atoms with Crippen molar-refractivity contribution in [3.8, 4) is 11.3 Å². The Kier molecular flexibility index (Phi) is 5.55. The van der Waals surface area contributed by atoms with E-state index in [0.717, 1.165) is 35.4 Å². The molecule has 1 saturated carbocycles. The van der Waals surface area contributed by atoms with E-state index < -0.39 is 12.1 Å². The summed E-state index contributed by atoms with van der Waals surface area (Å²) in [5.74, 6) is -1.62. The number of carbonyl (C=O) groups is 2. The molecule has 12 heteroatoms. The number of carbonyl (C=O) groups excluding carboxylic acids is 1. The van der Waals surface area contributed by atoms with Gasteiger partial charge in [-0.15, -0.1) is 10.2 Å². The van der Waals surface area contributed by atoms with E-state index >= 15 is 0 Å². The number of nitrogens with one attached hydrogen (secondary N) is 2. The number of fused-ring (bicyclic) bond motifs is 2. The fourth-order valence-electron chi connectivity index (χ4n) is 4.03. The number of halogens is 3. The lowest BCUT2D eigenvalue weighted by Crippen LogP contribution is -2.35. The van der Waals surface area contributed by atoms with Gasteiger partial charge in [-0.3, -0.25) is 4.79 Å². The first kappa shape index (κ1) is 21.7. The number of carboxylic acids is 1. The van der Waals surface area contributed by atoms with E-state index in [4.69, 9.17) is 9.90 Å². The number of rotatable bonds is 3. The second kappa shape index (κ2) is 8.19. The van der Waals surface area contributed by atoms with Crippen LogP contribution in [0.1, 0.15) is 10.5 Å². The summed E-state index contributed by atoms with van der Waals surface area (Å²) in [5, 5.41) is 19.9. The predicted molar refractivity (Wildman–Crippen MR) is 107 cm³/mol. The van der Waals surface area contributed by atoms with E-state index in [1.165, 1.54) is 0 Å². The lowest BCUT2D eigenvalue weighted by molar-refractivity contribution is -0.192. The Morgan fingerprint density at radius 2 is 1.84 bits per heavy atom. The van der Waals surface area contributed by atoms with E-state index in [9.17, 15) is 18.0 Å². The molecule has 3 aromatic rings. The van der Waals surface area contributed by atoms with Crippen molar-refractivity contribution in [2.45, 2.75) is 12.2 Å². The molecule has 1 unspecified atom stereocenters. The summed E-state index contributed by atoms with van der Waals surface area (Å²) in [5.41, 5.74) is 2.87. The van der Waals surface area contributed by atoms with Gasteiger partial charge in [-0.2, -0.15) is 13.2 Å². The van der Waals surface area contributed by atoms with Crippen LogP contribution in [0.3, 0.4) is 0 Å². The van der Waals surface area contributed by atoms with Crippen LogP contribution < -0.4 is 5.32 Å². The van der Waals surface area contributed by atoms with E-state index in [2.05, 4.69) is 25.5 Å². The highest BCUT2D eigenvalue weighted by Gasteiger charge is 2.56. The third-order valence-electron chi connectivity index (χ3n) is 5.67. The molecule has 4 heterocycles. The van der Waals surface area contributed by atoms with Crippen molar-refractivity contribution in [3.63, 3.8) is 0 Å². The van der Waals surface area contributed by atoms with Crippen LogP contribution in [0.4, 0.5) is 13.2 Å². The molecular formula is C20H19F3N6O3. The van der Waals surface area contributed by atoms with Crippen LogP contribution in [0, 0.1) is 11.8 Å². The van der Waals surface area contributed by atoms with Gasteiger partial charge in [0.25, 0.3) is 5.91 Å². The monoisotopic (exact) mass is 448 g/mol.